The first-order valence-electron chi connectivity index (χ1n) is 7.11. The van der Waals surface area contributed by atoms with E-state index in [1.807, 2.05) is 18.2 Å². The predicted molar refractivity (Wildman–Crippen MR) is 91.9 cm³/mol. The van der Waals surface area contributed by atoms with Gasteiger partial charge in [-0.1, -0.05) is 24.3 Å². The second-order valence-electron chi connectivity index (χ2n) is 4.82. The van der Waals surface area contributed by atoms with Crippen molar-refractivity contribution in [3.63, 3.8) is 0 Å². The highest BCUT2D eigenvalue weighted by molar-refractivity contribution is 7.80. The van der Waals surface area contributed by atoms with Crippen LogP contribution >= 0.6 is 12.2 Å². The fourth-order valence-electron chi connectivity index (χ4n) is 2.05. The smallest absolute Gasteiger partial charge is 0.170 e. The van der Waals surface area contributed by atoms with Crippen LogP contribution in [0.5, 0.6) is 5.75 Å². The Morgan fingerprint density at radius 2 is 2.00 bits per heavy atom. The molecule has 3 nitrogen and oxygen atoms in total. The molecule has 2 aromatic carbocycles. The number of hydrogen-bond donors (Lipinski definition) is 2. The first kappa shape index (κ1) is 16.2. The zero-order chi connectivity index (χ0) is 15.8. The van der Waals surface area contributed by atoms with Gasteiger partial charge < -0.3 is 15.4 Å². The van der Waals surface area contributed by atoms with Crippen molar-refractivity contribution in [2.45, 2.75) is 12.8 Å². The van der Waals surface area contributed by atoms with Gasteiger partial charge in [0.15, 0.2) is 5.11 Å². The summed E-state index contributed by atoms with van der Waals surface area (Å²) in [7, 11) is 1.66. The first-order chi connectivity index (χ1) is 10.7. The molecule has 22 heavy (non-hydrogen) atoms. The van der Waals surface area contributed by atoms with Crippen LogP contribution < -0.4 is 15.4 Å². The number of benzene rings is 2. The highest BCUT2D eigenvalue weighted by atomic mass is 32.1. The third-order valence-electron chi connectivity index (χ3n) is 3.18. The Bertz CT molecular complexity index is 634. The van der Waals surface area contributed by atoms with Crippen LogP contribution in [-0.4, -0.2) is 18.8 Å². The van der Waals surface area contributed by atoms with Gasteiger partial charge in [0.25, 0.3) is 0 Å². The largest absolute Gasteiger partial charge is 0.497 e. The molecule has 2 rings (SSSR count). The van der Waals surface area contributed by atoms with Crippen molar-refractivity contribution in [2.75, 3.05) is 19.0 Å². The predicted octanol–water partition coefficient (Wildman–Crippen LogP) is 3.75. The number of thiocarbonyl (C=S) groups is 1. The summed E-state index contributed by atoms with van der Waals surface area (Å²) in [5.74, 6) is 0.547. The summed E-state index contributed by atoms with van der Waals surface area (Å²) in [6.07, 6.45) is 1.85. The van der Waals surface area contributed by atoms with Gasteiger partial charge in [0.1, 0.15) is 11.6 Å². The number of aryl methyl sites for hydroxylation is 1. The summed E-state index contributed by atoms with van der Waals surface area (Å²) < 4.78 is 18.7. The Morgan fingerprint density at radius 1 is 1.18 bits per heavy atom. The van der Waals surface area contributed by atoms with Crippen molar-refractivity contribution in [1.82, 2.24) is 5.32 Å². The third-order valence-corrected chi connectivity index (χ3v) is 3.43. The zero-order valence-corrected chi connectivity index (χ0v) is 13.3. The van der Waals surface area contributed by atoms with Crippen LogP contribution in [0.2, 0.25) is 0 Å². The van der Waals surface area contributed by atoms with Gasteiger partial charge in [0, 0.05) is 6.54 Å². The van der Waals surface area contributed by atoms with Gasteiger partial charge >= 0.3 is 0 Å². The van der Waals surface area contributed by atoms with Gasteiger partial charge in [-0.3, -0.25) is 0 Å². The van der Waals surface area contributed by atoms with E-state index >= 15 is 0 Å². The van der Waals surface area contributed by atoms with Crippen molar-refractivity contribution in [2.24, 2.45) is 0 Å². The maximum Gasteiger partial charge on any atom is 0.170 e. The van der Waals surface area contributed by atoms with Crippen LogP contribution in [0.15, 0.2) is 48.5 Å². The van der Waals surface area contributed by atoms with E-state index in [2.05, 4.69) is 16.7 Å². The van der Waals surface area contributed by atoms with E-state index in [9.17, 15) is 4.39 Å². The first-order valence-corrected chi connectivity index (χ1v) is 7.52. The fourth-order valence-corrected chi connectivity index (χ4v) is 2.26. The van der Waals surface area contributed by atoms with Crippen LogP contribution in [0, 0.1) is 5.82 Å². The molecule has 5 heteroatoms. The van der Waals surface area contributed by atoms with E-state index in [4.69, 9.17) is 17.0 Å². The summed E-state index contributed by atoms with van der Waals surface area (Å²) in [6, 6.07) is 14.4. The normalized spacial score (nSPS) is 10.1. The summed E-state index contributed by atoms with van der Waals surface area (Å²) in [5.41, 5.74) is 1.60. The van der Waals surface area contributed by atoms with Gasteiger partial charge in [-0.05, 0) is 54.9 Å². The number of nitrogens with one attached hydrogen (secondary N) is 2. The van der Waals surface area contributed by atoms with Crippen LogP contribution in [-0.2, 0) is 6.42 Å². The van der Waals surface area contributed by atoms with Crippen molar-refractivity contribution < 1.29 is 9.13 Å². The molecular weight excluding hydrogens is 299 g/mol. The number of ether oxygens (including phenoxy) is 1. The maximum atomic E-state index is 13.5. The highest BCUT2D eigenvalue weighted by Gasteiger charge is 2.02. The van der Waals surface area contributed by atoms with Crippen molar-refractivity contribution in [3.8, 4) is 5.75 Å². The van der Waals surface area contributed by atoms with Crippen LogP contribution in [0.3, 0.4) is 0 Å². The number of para-hydroxylation sites is 1. The van der Waals surface area contributed by atoms with Gasteiger partial charge in [0.05, 0.1) is 12.8 Å². The fraction of sp³-hybridized carbons (Fsp3) is 0.235. The van der Waals surface area contributed by atoms with Gasteiger partial charge in [-0.25, -0.2) is 4.39 Å². The SMILES string of the molecule is COc1cccc(CCCNC(=S)Nc2ccccc2F)c1. The van der Waals surface area contributed by atoms with E-state index in [1.165, 1.54) is 11.6 Å². The minimum Gasteiger partial charge on any atom is -0.497 e. The molecule has 0 spiro atoms. The lowest BCUT2D eigenvalue weighted by Gasteiger charge is -2.11. The molecule has 0 unspecified atom stereocenters. The molecule has 2 N–H and O–H groups in total. The minimum absolute atomic E-state index is 0.317. The molecule has 116 valence electrons. The molecule has 0 aliphatic rings. The molecule has 0 saturated carbocycles. The van der Waals surface area contributed by atoms with E-state index in [0.29, 0.717) is 10.8 Å². The Balaban J connectivity index is 1.72. The molecule has 0 aliphatic heterocycles. The molecule has 0 radical (unpaired) electrons. The van der Waals surface area contributed by atoms with Gasteiger partial charge in [-0.15, -0.1) is 0 Å². The summed E-state index contributed by atoms with van der Waals surface area (Å²) >= 11 is 5.16. The molecule has 0 bridgehead atoms. The van der Waals surface area contributed by atoms with Crippen molar-refractivity contribution >= 4 is 23.0 Å². The molecule has 0 fully saturated rings. The number of anilines is 1. The maximum absolute atomic E-state index is 13.5. The molecule has 0 saturated heterocycles. The number of halogens is 1. The van der Waals surface area contributed by atoms with Crippen LogP contribution in [0.25, 0.3) is 0 Å². The monoisotopic (exact) mass is 318 g/mol. The van der Waals surface area contributed by atoms with Crippen LogP contribution in [0.1, 0.15) is 12.0 Å². The Morgan fingerprint density at radius 3 is 2.77 bits per heavy atom. The lowest BCUT2D eigenvalue weighted by molar-refractivity contribution is 0.414. The number of methoxy groups -OCH3 is 1. The molecule has 0 atom stereocenters. The van der Waals surface area contributed by atoms with Crippen LogP contribution in [0.4, 0.5) is 10.1 Å². The lowest BCUT2D eigenvalue weighted by atomic mass is 10.1. The Labute approximate surface area is 135 Å². The Kier molecular flexibility index (Phi) is 6.15. The summed E-state index contributed by atoms with van der Waals surface area (Å²) in [4.78, 5) is 0. The van der Waals surface area contributed by atoms with E-state index < -0.39 is 0 Å². The zero-order valence-electron chi connectivity index (χ0n) is 12.4. The topological polar surface area (TPSA) is 33.3 Å². The second-order valence-corrected chi connectivity index (χ2v) is 5.22. The molecular formula is C17H19FN2OS. The van der Waals surface area contributed by atoms with Gasteiger partial charge in [0.2, 0.25) is 0 Å². The lowest BCUT2D eigenvalue weighted by Crippen LogP contribution is -2.29. The molecule has 0 heterocycles. The third kappa shape index (κ3) is 5.00. The number of hydrogen-bond acceptors (Lipinski definition) is 2. The second kappa shape index (κ2) is 8.34. The summed E-state index contributed by atoms with van der Waals surface area (Å²) in [6.45, 7) is 0.720. The Hall–Kier alpha value is -2.14. The minimum atomic E-state index is -0.317. The van der Waals surface area contributed by atoms with E-state index in [1.54, 1.807) is 25.3 Å². The van der Waals surface area contributed by atoms with E-state index in [-0.39, 0.29) is 5.82 Å². The molecule has 0 aromatic heterocycles. The number of rotatable bonds is 6. The van der Waals surface area contributed by atoms with Crippen molar-refractivity contribution in [1.29, 1.82) is 0 Å². The average Bonchev–Trinajstić information content (AvgIpc) is 2.54. The molecule has 0 aliphatic carbocycles. The molecule has 2 aromatic rings. The average molecular weight is 318 g/mol. The quantitative estimate of drug-likeness (QED) is 0.628. The molecule has 0 amide bonds. The standard InChI is InChI=1S/C17H19FN2OS/c1-21-14-8-4-6-13(12-14)7-5-11-19-17(22)20-16-10-3-2-9-15(16)18/h2-4,6,8-10,12H,5,7,11H2,1H3,(H2,19,20,22). The van der Waals surface area contributed by atoms with Gasteiger partial charge in [-0.2, -0.15) is 0 Å². The van der Waals surface area contributed by atoms with E-state index in [0.717, 1.165) is 25.1 Å². The highest BCUT2D eigenvalue weighted by Crippen LogP contribution is 2.14. The summed E-state index contributed by atoms with van der Waals surface area (Å²) in [5, 5.41) is 6.36. The van der Waals surface area contributed by atoms with Crippen molar-refractivity contribution in [3.05, 3.63) is 59.9 Å².